The molecule has 1 aliphatic carbocycles. The van der Waals surface area contributed by atoms with Crippen molar-refractivity contribution in [2.45, 2.75) is 47.0 Å². The first-order valence-corrected chi connectivity index (χ1v) is 5.43. The summed E-state index contributed by atoms with van der Waals surface area (Å²) in [4.78, 5) is 13.9. The van der Waals surface area contributed by atoms with Gasteiger partial charge in [0.2, 0.25) is 6.08 Å². The van der Waals surface area contributed by atoms with Gasteiger partial charge in [-0.3, -0.25) is 0 Å². The van der Waals surface area contributed by atoms with Crippen LogP contribution in [0.1, 0.15) is 47.0 Å². The van der Waals surface area contributed by atoms with Gasteiger partial charge in [-0.05, 0) is 36.0 Å². The molecule has 0 aromatic carbocycles. The van der Waals surface area contributed by atoms with Crippen LogP contribution in [0.25, 0.3) is 0 Å². The first kappa shape index (κ1) is 11.5. The lowest BCUT2D eigenvalue weighted by molar-refractivity contribution is 0.0529. The number of aliphatic imine (C=N–C) groups is 1. The summed E-state index contributed by atoms with van der Waals surface area (Å²) in [6.07, 6.45) is 5.24. The maximum Gasteiger partial charge on any atom is 0.234 e. The van der Waals surface area contributed by atoms with Crippen LogP contribution in [0.15, 0.2) is 4.99 Å². The summed E-state index contributed by atoms with van der Waals surface area (Å²) in [5.41, 5.74) is 0.596. The number of hydrogen-bond acceptors (Lipinski definition) is 2. The second kappa shape index (κ2) is 3.86. The van der Waals surface area contributed by atoms with E-state index in [2.05, 4.69) is 32.7 Å². The molecular weight excluding hydrogens is 174 g/mol. The highest BCUT2D eigenvalue weighted by atomic mass is 16.1. The van der Waals surface area contributed by atoms with Gasteiger partial charge in [0.25, 0.3) is 0 Å². The van der Waals surface area contributed by atoms with Gasteiger partial charge in [-0.25, -0.2) is 9.79 Å². The Morgan fingerprint density at radius 1 is 1.43 bits per heavy atom. The van der Waals surface area contributed by atoms with Gasteiger partial charge in [-0.15, -0.1) is 0 Å². The van der Waals surface area contributed by atoms with Crippen molar-refractivity contribution in [2.75, 3.05) is 6.54 Å². The van der Waals surface area contributed by atoms with Crippen LogP contribution >= 0.6 is 0 Å². The SMILES string of the molecule is CC1CCC(C)(CN=C=O)CC1(C)C. The van der Waals surface area contributed by atoms with Crippen LogP contribution in [0.5, 0.6) is 0 Å². The van der Waals surface area contributed by atoms with E-state index in [1.165, 1.54) is 12.8 Å². The highest BCUT2D eigenvalue weighted by molar-refractivity contribution is 5.33. The summed E-state index contributed by atoms with van der Waals surface area (Å²) < 4.78 is 0. The first-order valence-electron chi connectivity index (χ1n) is 5.43. The van der Waals surface area contributed by atoms with Gasteiger partial charge in [0.05, 0.1) is 6.54 Å². The van der Waals surface area contributed by atoms with E-state index in [4.69, 9.17) is 0 Å². The lowest BCUT2D eigenvalue weighted by Crippen LogP contribution is -2.38. The molecule has 0 aromatic rings. The smallest absolute Gasteiger partial charge is 0.211 e. The van der Waals surface area contributed by atoms with Crippen molar-refractivity contribution >= 4 is 6.08 Å². The molecule has 0 spiro atoms. The number of isocyanates is 1. The van der Waals surface area contributed by atoms with Crippen LogP contribution in [0.3, 0.4) is 0 Å². The van der Waals surface area contributed by atoms with Gasteiger partial charge < -0.3 is 0 Å². The van der Waals surface area contributed by atoms with E-state index in [1.54, 1.807) is 6.08 Å². The van der Waals surface area contributed by atoms with Gasteiger partial charge >= 0.3 is 0 Å². The Kier molecular flexibility index (Phi) is 3.16. The topological polar surface area (TPSA) is 29.4 Å². The Bertz CT molecular complexity index is 253. The Morgan fingerprint density at radius 3 is 2.57 bits per heavy atom. The zero-order valence-corrected chi connectivity index (χ0v) is 9.76. The maximum atomic E-state index is 10.1. The minimum Gasteiger partial charge on any atom is -0.211 e. The third-order valence-electron chi connectivity index (χ3n) is 3.92. The normalized spacial score (nSPS) is 36.1. The Labute approximate surface area is 86.8 Å². The highest BCUT2D eigenvalue weighted by Crippen LogP contribution is 2.49. The van der Waals surface area contributed by atoms with Crippen molar-refractivity contribution < 1.29 is 4.79 Å². The van der Waals surface area contributed by atoms with Crippen LogP contribution in [0.4, 0.5) is 0 Å². The molecule has 0 radical (unpaired) electrons. The molecule has 1 saturated carbocycles. The molecule has 0 heterocycles. The second-order valence-electron chi connectivity index (χ2n) is 5.82. The monoisotopic (exact) mass is 195 g/mol. The lowest BCUT2D eigenvalue weighted by atomic mass is 9.60. The molecule has 2 atom stereocenters. The van der Waals surface area contributed by atoms with E-state index in [0.29, 0.717) is 12.0 Å². The summed E-state index contributed by atoms with van der Waals surface area (Å²) in [7, 11) is 0. The standard InChI is InChI=1S/C12H21NO/c1-10-5-6-12(4,8-13-9-14)7-11(10,2)3/h10H,5-8H2,1-4H3. The molecule has 2 heteroatoms. The van der Waals surface area contributed by atoms with Gasteiger partial charge in [0.1, 0.15) is 0 Å². The third kappa shape index (κ3) is 2.45. The van der Waals surface area contributed by atoms with Gasteiger partial charge in [-0.2, -0.15) is 0 Å². The zero-order chi connectivity index (χ0) is 10.8. The molecule has 14 heavy (non-hydrogen) atoms. The summed E-state index contributed by atoms with van der Waals surface area (Å²) >= 11 is 0. The Hall–Kier alpha value is -0.620. The van der Waals surface area contributed by atoms with Gasteiger partial charge in [0.15, 0.2) is 0 Å². The van der Waals surface area contributed by atoms with Crippen molar-refractivity contribution in [1.29, 1.82) is 0 Å². The zero-order valence-electron chi connectivity index (χ0n) is 9.76. The molecular formula is C12H21NO. The fourth-order valence-corrected chi connectivity index (χ4v) is 2.68. The molecule has 0 N–H and O–H groups in total. The van der Waals surface area contributed by atoms with Crippen molar-refractivity contribution in [3.05, 3.63) is 0 Å². The second-order valence-corrected chi connectivity index (χ2v) is 5.82. The van der Waals surface area contributed by atoms with Gasteiger partial charge in [-0.1, -0.05) is 27.7 Å². The minimum atomic E-state index is 0.216. The average Bonchev–Trinajstić information content (AvgIpc) is 2.08. The third-order valence-corrected chi connectivity index (χ3v) is 3.92. The molecule has 0 bridgehead atoms. The van der Waals surface area contributed by atoms with Crippen molar-refractivity contribution in [3.8, 4) is 0 Å². The quantitative estimate of drug-likeness (QED) is 0.491. The molecule has 80 valence electrons. The van der Waals surface area contributed by atoms with Crippen molar-refractivity contribution in [2.24, 2.45) is 21.7 Å². The molecule has 1 aliphatic rings. The Balaban J connectivity index is 2.70. The summed E-state index contributed by atoms with van der Waals surface area (Å²) in [5.74, 6) is 0.774. The number of rotatable bonds is 2. The fourth-order valence-electron chi connectivity index (χ4n) is 2.68. The van der Waals surface area contributed by atoms with Crippen molar-refractivity contribution in [3.63, 3.8) is 0 Å². The van der Waals surface area contributed by atoms with E-state index in [0.717, 1.165) is 12.3 Å². The number of nitrogens with zero attached hydrogens (tertiary/aromatic N) is 1. The highest BCUT2D eigenvalue weighted by Gasteiger charge is 2.40. The van der Waals surface area contributed by atoms with E-state index in [9.17, 15) is 4.79 Å². The molecule has 1 fully saturated rings. The number of hydrogen-bond donors (Lipinski definition) is 0. The first-order chi connectivity index (χ1) is 6.40. The molecule has 0 aliphatic heterocycles. The van der Waals surface area contributed by atoms with E-state index < -0.39 is 0 Å². The predicted molar refractivity (Wildman–Crippen MR) is 57.9 cm³/mol. The molecule has 0 aromatic heterocycles. The molecule has 1 rings (SSSR count). The summed E-state index contributed by atoms with van der Waals surface area (Å²) in [6, 6.07) is 0. The van der Waals surface area contributed by atoms with Crippen LogP contribution < -0.4 is 0 Å². The molecule has 0 amide bonds. The van der Waals surface area contributed by atoms with Gasteiger partial charge in [0, 0.05) is 0 Å². The predicted octanol–water partition coefficient (Wildman–Crippen LogP) is 3.17. The van der Waals surface area contributed by atoms with E-state index >= 15 is 0 Å². The lowest BCUT2D eigenvalue weighted by Gasteiger charge is -2.46. The average molecular weight is 195 g/mol. The van der Waals surface area contributed by atoms with Crippen molar-refractivity contribution in [1.82, 2.24) is 0 Å². The maximum absolute atomic E-state index is 10.1. The summed E-state index contributed by atoms with van der Waals surface area (Å²) in [5, 5.41) is 0. The molecule has 2 nitrogen and oxygen atoms in total. The Morgan fingerprint density at radius 2 is 2.07 bits per heavy atom. The van der Waals surface area contributed by atoms with Crippen LogP contribution in [-0.2, 0) is 4.79 Å². The molecule has 0 saturated heterocycles. The van der Waals surface area contributed by atoms with Crippen LogP contribution in [-0.4, -0.2) is 12.6 Å². The number of carbonyl (C=O) groups excluding carboxylic acids is 1. The summed E-state index contributed by atoms with van der Waals surface area (Å²) in [6.45, 7) is 9.84. The minimum absolute atomic E-state index is 0.216. The van der Waals surface area contributed by atoms with E-state index in [1.807, 2.05) is 0 Å². The largest absolute Gasteiger partial charge is 0.234 e. The fraction of sp³-hybridized carbons (Fsp3) is 0.917. The molecule has 2 unspecified atom stereocenters. The van der Waals surface area contributed by atoms with E-state index in [-0.39, 0.29) is 5.41 Å². The van der Waals surface area contributed by atoms with Crippen LogP contribution in [0, 0.1) is 16.7 Å². The van der Waals surface area contributed by atoms with Crippen LogP contribution in [0.2, 0.25) is 0 Å².